The fourth-order valence-electron chi connectivity index (χ4n) is 1.19. The molecular weight excluding hydrogens is 286 g/mol. The first-order valence-electron chi connectivity index (χ1n) is 5.63. The van der Waals surface area contributed by atoms with Gasteiger partial charge in [0.05, 0.1) is 11.5 Å². The second kappa shape index (κ2) is 7.85. The monoisotopic (exact) mass is 299 g/mol. The highest BCUT2D eigenvalue weighted by Gasteiger charge is 2.07. The number of benzene rings is 1. The lowest BCUT2D eigenvalue weighted by Crippen LogP contribution is -2.05. The van der Waals surface area contributed by atoms with Crippen molar-refractivity contribution in [3.8, 4) is 0 Å². The number of carbonyl (C=O) groups excluding carboxylic acids is 1. The number of rotatable bonds is 6. The van der Waals surface area contributed by atoms with E-state index in [0.29, 0.717) is 17.2 Å². The molecule has 5 nitrogen and oxygen atoms in total. The Kier molecular flexibility index (Phi) is 6.44. The summed E-state index contributed by atoms with van der Waals surface area (Å²) in [7, 11) is 0. The van der Waals surface area contributed by atoms with Gasteiger partial charge in [-0.05, 0) is 36.1 Å². The molecule has 0 fully saturated rings. The van der Waals surface area contributed by atoms with E-state index in [1.807, 2.05) is 0 Å². The molecule has 0 spiro atoms. The Morgan fingerprint density at radius 2 is 2.05 bits per heavy atom. The highest BCUT2D eigenvalue weighted by atomic mass is 32.2. The van der Waals surface area contributed by atoms with Crippen LogP contribution in [0.25, 0.3) is 0 Å². The fourth-order valence-corrected chi connectivity index (χ4v) is 2.17. The van der Waals surface area contributed by atoms with Gasteiger partial charge in [0.2, 0.25) is 4.38 Å². The lowest BCUT2D eigenvalue weighted by atomic mass is 10.2. The summed E-state index contributed by atoms with van der Waals surface area (Å²) in [6.45, 7) is 2.07. The molecule has 0 aromatic heterocycles. The van der Waals surface area contributed by atoms with Crippen LogP contribution < -0.4 is 0 Å². The lowest BCUT2D eigenvalue weighted by molar-refractivity contribution is -0.384. The average Bonchev–Trinajstić information content (AvgIpc) is 2.39. The van der Waals surface area contributed by atoms with Crippen LogP contribution in [-0.4, -0.2) is 21.7 Å². The van der Waals surface area contributed by atoms with E-state index in [4.69, 9.17) is 17.0 Å². The summed E-state index contributed by atoms with van der Waals surface area (Å²) in [6, 6.07) is 6.03. The normalized spacial score (nSPS) is 9.95. The van der Waals surface area contributed by atoms with Crippen molar-refractivity contribution < 1.29 is 14.5 Å². The van der Waals surface area contributed by atoms with Crippen LogP contribution in [0, 0.1) is 10.1 Å². The number of Topliss-reactive ketones (excluding diaryl/α,β-unsaturated/α-hetero) is 1. The molecule has 0 aliphatic rings. The van der Waals surface area contributed by atoms with Crippen LogP contribution in [0.1, 0.15) is 19.8 Å². The van der Waals surface area contributed by atoms with Crippen LogP contribution in [0.4, 0.5) is 5.69 Å². The second-order valence-corrected chi connectivity index (χ2v) is 5.27. The molecule has 0 aliphatic heterocycles. The number of ether oxygens (including phenoxy) is 1. The van der Waals surface area contributed by atoms with E-state index < -0.39 is 4.92 Å². The van der Waals surface area contributed by atoms with Gasteiger partial charge < -0.3 is 4.74 Å². The molecule has 19 heavy (non-hydrogen) atoms. The number of carbonyl (C=O) groups is 1. The molecule has 102 valence electrons. The van der Waals surface area contributed by atoms with Gasteiger partial charge in [-0.3, -0.25) is 14.9 Å². The third-order valence-electron chi connectivity index (χ3n) is 2.24. The van der Waals surface area contributed by atoms with Crippen molar-refractivity contribution in [3.05, 3.63) is 34.4 Å². The summed E-state index contributed by atoms with van der Waals surface area (Å²) >= 11 is 6.20. The van der Waals surface area contributed by atoms with E-state index in [-0.39, 0.29) is 18.1 Å². The quantitative estimate of drug-likeness (QED) is 0.347. The minimum absolute atomic E-state index is 0.0322. The van der Waals surface area contributed by atoms with Crippen LogP contribution in [-0.2, 0) is 9.53 Å². The van der Waals surface area contributed by atoms with Gasteiger partial charge in [0.1, 0.15) is 5.78 Å². The molecule has 0 aliphatic carbocycles. The number of ketones is 1. The van der Waals surface area contributed by atoms with Crippen molar-refractivity contribution in [2.45, 2.75) is 24.7 Å². The summed E-state index contributed by atoms with van der Waals surface area (Å²) in [4.78, 5) is 21.8. The first kappa shape index (κ1) is 15.6. The molecule has 0 amide bonds. The Bertz CT molecular complexity index is 473. The molecule has 0 saturated heterocycles. The van der Waals surface area contributed by atoms with Gasteiger partial charge >= 0.3 is 0 Å². The molecule has 0 unspecified atom stereocenters. The van der Waals surface area contributed by atoms with Gasteiger partial charge in [0.25, 0.3) is 5.69 Å². The number of thioether (sulfide) groups is 1. The second-order valence-electron chi connectivity index (χ2n) is 3.59. The molecule has 0 radical (unpaired) electrons. The van der Waals surface area contributed by atoms with Crippen LogP contribution in [0.2, 0.25) is 0 Å². The molecule has 0 atom stereocenters. The van der Waals surface area contributed by atoms with Crippen molar-refractivity contribution >= 4 is 39.8 Å². The molecule has 0 bridgehead atoms. The first-order chi connectivity index (χ1) is 9.02. The maximum atomic E-state index is 11.1. The van der Waals surface area contributed by atoms with Crippen molar-refractivity contribution in [3.63, 3.8) is 0 Å². The molecule has 1 aromatic carbocycles. The maximum absolute atomic E-state index is 11.1. The minimum Gasteiger partial charge on any atom is -0.478 e. The number of thiocarbonyl (C=S) groups is 1. The molecule has 1 rings (SSSR count). The Morgan fingerprint density at radius 1 is 1.42 bits per heavy atom. The molecular formula is C12H13NO4S2. The molecule has 0 N–H and O–H groups in total. The largest absolute Gasteiger partial charge is 0.478 e. The number of hydrogen-bond donors (Lipinski definition) is 0. The predicted molar refractivity (Wildman–Crippen MR) is 77.4 cm³/mol. The summed E-state index contributed by atoms with van der Waals surface area (Å²) in [6.07, 6.45) is 0.836. The highest BCUT2D eigenvalue weighted by molar-refractivity contribution is 8.22. The van der Waals surface area contributed by atoms with E-state index in [9.17, 15) is 14.9 Å². The third-order valence-corrected chi connectivity index (χ3v) is 3.40. The van der Waals surface area contributed by atoms with Crippen molar-refractivity contribution in [1.82, 2.24) is 0 Å². The summed E-state index contributed by atoms with van der Waals surface area (Å²) in [5.74, 6) is 0.128. The van der Waals surface area contributed by atoms with Gasteiger partial charge in [-0.15, -0.1) is 0 Å². The number of nitro benzene ring substituents is 1. The SMILES string of the molecule is CCC(=O)CCOC(=S)Sc1ccc([N+](=O)[O-])cc1. The van der Waals surface area contributed by atoms with Crippen molar-refractivity contribution in [1.29, 1.82) is 0 Å². The molecule has 7 heteroatoms. The van der Waals surface area contributed by atoms with Crippen LogP contribution in [0.5, 0.6) is 0 Å². The average molecular weight is 299 g/mol. The zero-order valence-electron chi connectivity index (χ0n) is 10.3. The van der Waals surface area contributed by atoms with Crippen LogP contribution in [0.15, 0.2) is 29.2 Å². The Morgan fingerprint density at radius 3 is 2.58 bits per heavy atom. The molecule has 0 heterocycles. The zero-order valence-corrected chi connectivity index (χ0v) is 12.0. The van der Waals surface area contributed by atoms with E-state index >= 15 is 0 Å². The predicted octanol–water partition coefficient (Wildman–Crippen LogP) is 3.36. The van der Waals surface area contributed by atoms with Crippen LogP contribution in [0.3, 0.4) is 0 Å². The van der Waals surface area contributed by atoms with Gasteiger partial charge in [-0.2, -0.15) is 0 Å². The number of hydrogen-bond acceptors (Lipinski definition) is 6. The minimum atomic E-state index is -0.459. The number of nitrogens with zero attached hydrogens (tertiary/aromatic N) is 1. The highest BCUT2D eigenvalue weighted by Crippen LogP contribution is 2.23. The Balaban J connectivity index is 2.40. The van der Waals surface area contributed by atoms with Gasteiger partial charge in [0, 0.05) is 29.9 Å². The summed E-state index contributed by atoms with van der Waals surface area (Å²) < 4.78 is 5.54. The van der Waals surface area contributed by atoms with E-state index in [1.165, 1.54) is 23.9 Å². The number of nitro groups is 1. The van der Waals surface area contributed by atoms with Gasteiger partial charge in [-0.25, -0.2) is 0 Å². The van der Waals surface area contributed by atoms with E-state index in [0.717, 1.165) is 4.90 Å². The third kappa shape index (κ3) is 5.80. The van der Waals surface area contributed by atoms with E-state index in [2.05, 4.69) is 0 Å². The van der Waals surface area contributed by atoms with Crippen LogP contribution >= 0.6 is 24.0 Å². The van der Waals surface area contributed by atoms with Gasteiger partial charge in [-0.1, -0.05) is 6.92 Å². The molecule has 1 aromatic rings. The first-order valence-corrected chi connectivity index (χ1v) is 6.86. The van der Waals surface area contributed by atoms with Crippen molar-refractivity contribution in [2.75, 3.05) is 6.61 Å². The standard InChI is InChI=1S/C12H13NO4S2/c1-2-10(14)7-8-17-12(18)19-11-5-3-9(4-6-11)13(15)16/h3-6H,2,7-8H2,1H3. The van der Waals surface area contributed by atoms with E-state index in [1.54, 1.807) is 19.1 Å². The topological polar surface area (TPSA) is 69.4 Å². The summed E-state index contributed by atoms with van der Waals surface area (Å²) in [5, 5.41) is 10.5. The zero-order chi connectivity index (χ0) is 14.3. The summed E-state index contributed by atoms with van der Waals surface area (Å²) in [5.41, 5.74) is 0.0322. The smallest absolute Gasteiger partial charge is 0.269 e. The fraction of sp³-hybridized carbons (Fsp3) is 0.333. The maximum Gasteiger partial charge on any atom is 0.269 e. The Hall–Kier alpha value is -1.47. The van der Waals surface area contributed by atoms with Gasteiger partial charge in [0.15, 0.2) is 0 Å². The number of non-ortho nitro benzene ring substituents is 1. The lowest BCUT2D eigenvalue weighted by Gasteiger charge is -2.05. The Labute approximate surface area is 120 Å². The van der Waals surface area contributed by atoms with Crippen molar-refractivity contribution in [2.24, 2.45) is 0 Å². The molecule has 0 saturated carbocycles.